The maximum Gasteiger partial charge on any atom is 0.260 e. The zero-order chi connectivity index (χ0) is 13.0. The van der Waals surface area contributed by atoms with E-state index in [2.05, 4.69) is 15.9 Å². The average molecular weight is 310 g/mol. The number of nitrogens with zero attached hydrogens (tertiary/aromatic N) is 1. The summed E-state index contributed by atoms with van der Waals surface area (Å²) in [6.45, 7) is 0.553. The summed E-state index contributed by atoms with van der Waals surface area (Å²) in [6, 6.07) is 7.39. The van der Waals surface area contributed by atoms with E-state index in [1.807, 2.05) is 12.1 Å². The van der Waals surface area contributed by atoms with Crippen molar-refractivity contribution in [3.63, 3.8) is 0 Å². The molecule has 0 saturated carbocycles. The van der Waals surface area contributed by atoms with Gasteiger partial charge in [-0.15, -0.1) is 0 Å². The smallest absolute Gasteiger partial charge is 0.260 e. The number of alkyl halides is 1. The van der Waals surface area contributed by atoms with Crippen LogP contribution >= 0.6 is 15.9 Å². The Morgan fingerprint density at radius 1 is 1.17 bits per heavy atom. The number of hydrogen-bond donors (Lipinski definition) is 0. The van der Waals surface area contributed by atoms with Gasteiger partial charge in [-0.05, 0) is 30.5 Å². The Balaban J connectivity index is 2.15. The Morgan fingerprint density at radius 3 is 2.56 bits per heavy atom. The lowest BCUT2D eigenvalue weighted by atomic mass is 10.1. The van der Waals surface area contributed by atoms with Gasteiger partial charge in [-0.3, -0.25) is 14.5 Å². The van der Waals surface area contributed by atoms with E-state index in [-0.39, 0.29) is 11.8 Å². The molecule has 1 heterocycles. The van der Waals surface area contributed by atoms with E-state index in [0.717, 1.165) is 30.2 Å². The van der Waals surface area contributed by atoms with Crippen LogP contribution in [0.15, 0.2) is 24.3 Å². The summed E-state index contributed by atoms with van der Waals surface area (Å²) in [7, 11) is 0. The van der Waals surface area contributed by atoms with Gasteiger partial charge in [0.05, 0.1) is 0 Å². The summed E-state index contributed by atoms with van der Waals surface area (Å²) in [4.78, 5) is 25.5. The number of hydrogen-bond acceptors (Lipinski definition) is 2. The highest BCUT2D eigenvalue weighted by molar-refractivity contribution is 9.08. The molecule has 0 bridgehead atoms. The fourth-order valence-corrected chi connectivity index (χ4v) is 2.46. The zero-order valence-electron chi connectivity index (χ0n) is 10.2. The third kappa shape index (κ3) is 2.99. The molecule has 1 aromatic rings. The van der Waals surface area contributed by atoms with E-state index in [9.17, 15) is 9.59 Å². The van der Waals surface area contributed by atoms with E-state index in [1.54, 1.807) is 12.1 Å². The predicted molar refractivity (Wildman–Crippen MR) is 73.6 cm³/mol. The third-order valence-electron chi connectivity index (χ3n) is 3.17. The van der Waals surface area contributed by atoms with Crippen LogP contribution in [0.1, 0.15) is 41.6 Å². The lowest BCUT2D eigenvalue weighted by molar-refractivity contribution is -0.128. The fourth-order valence-electron chi connectivity index (χ4n) is 2.09. The molecule has 2 amide bonds. The van der Waals surface area contributed by atoms with Crippen LogP contribution in [0.25, 0.3) is 0 Å². The molecule has 1 aliphatic heterocycles. The monoisotopic (exact) mass is 309 g/mol. The minimum absolute atomic E-state index is 0.0398. The Labute approximate surface area is 115 Å². The van der Waals surface area contributed by atoms with Gasteiger partial charge < -0.3 is 0 Å². The van der Waals surface area contributed by atoms with Gasteiger partial charge >= 0.3 is 0 Å². The molecule has 1 aliphatic rings. The van der Waals surface area contributed by atoms with Gasteiger partial charge in [0.15, 0.2) is 0 Å². The molecule has 3 nitrogen and oxygen atoms in total. The molecule has 0 N–H and O–H groups in total. The number of carbonyl (C=O) groups excluding carboxylic acids is 2. The van der Waals surface area contributed by atoms with Gasteiger partial charge in [0, 0.05) is 23.9 Å². The van der Waals surface area contributed by atoms with Crippen LogP contribution in [0, 0.1) is 0 Å². The number of halogens is 1. The van der Waals surface area contributed by atoms with Crippen LogP contribution < -0.4 is 0 Å². The normalized spacial score (nSPS) is 16.5. The molecule has 0 atom stereocenters. The summed E-state index contributed by atoms with van der Waals surface area (Å²) in [5, 5.41) is 0.768. The van der Waals surface area contributed by atoms with Crippen molar-refractivity contribution in [2.75, 3.05) is 6.54 Å². The zero-order valence-corrected chi connectivity index (χ0v) is 11.8. The van der Waals surface area contributed by atoms with Crippen LogP contribution in [0.4, 0.5) is 0 Å². The van der Waals surface area contributed by atoms with Crippen molar-refractivity contribution in [3.05, 3.63) is 35.4 Å². The SMILES string of the molecule is O=C1CCCCCN1C(=O)c1ccc(CBr)cc1. The Kier molecular flexibility index (Phi) is 4.53. The molecule has 0 aromatic heterocycles. The second kappa shape index (κ2) is 6.14. The van der Waals surface area contributed by atoms with E-state index < -0.39 is 0 Å². The van der Waals surface area contributed by atoms with E-state index in [4.69, 9.17) is 0 Å². The van der Waals surface area contributed by atoms with Crippen LogP contribution in [0.2, 0.25) is 0 Å². The number of imide groups is 1. The highest BCUT2D eigenvalue weighted by Gasteiger charge is 2.23. The number of carbonyl (C=O) groups is 2. The largest absolute Gasteiger partial charge is 0.279 e. The van der Waals surface area contributed by atoms with Gasteiger partial charge in [-0.25, -0.2) is 0 Å². The molecular weight excluding hydrogens is 294 g/mol. The first kappa shape index (κ1) is 13.3. The summed E-state index contributed by atoms with van der Waals surface area (Å²) in [5.74, 6) is -0.204. The predicted octanol–water partition coefficient (Wildman–Crippen LogP) is 3.12. The second-order valence-electron chi connectivity index (χ2n) is 4.49. The van der Waals surface area contributed by atoms with E-state index in [1.165, 1.54) is 4.90 Å². The quantitative estimate of drug-likeness (QED) is 0.622. The molecule has 1 fully saturated rings. The molecule has 0 unspecified atom stereocenters. The summed E-state index contributed by atoms with van der Waals surface area (Å²) < 4.78 is 0. The molecule has 2 rings (SSSR count). The third-order valence-corrected chi connectivity index (χ3v) is 3.82. The molecule has 0 spiro atoms. The Bertz CT molecular complexity index is 442. The minimum atomic E-state index is -0.164. The van der Waals surface area contributed by atoms with Gasteiger partial charge in [0.1, 0.15) is 0 Å². The van der Waals surface area contributed by atoms with Crippen LogP contribution in [-0.4, -0.2) is 23.3 Å². The maximum absolute atomic E-state index is 12.3. The van der Waals surface area contributed by atoms with Crippen molar-refractivity contribution < 1.29 is 9.59 Å². The van der Waals surface area contributed by atoms with Crippen molar-refractivity contribution in [3.8, 4) is 0 Å². The number of benzene rings is 1. The molecule has 96 valence electrons. The molecular formula is C14H16BrNO2. The van der Waals surface area contributed by atoms with E-state index >= 15 is 0 Å². The first-order valence-electron chi connectivity index (χ1n) is 6.22. The first-order valence-corrected chi connectivity index (χ1v) is 7.34. The topological polar surface area (TPSA) is 37.4 Å². The Morgan fingerprint density at radius 2 is 1.89 bits per heavy atom. The van der Waals surface area contributed by atoms with Crippen molar-refractivity contribution in [1.29, 1.82) is 0 Å². The first-order chi connectivity index (χ1) is 8.72. The second-order valence-corrected chi connectivity index (χ2v) is 5.05. The van der Waals surface area contributed by atoms with Crippen molar-refractivity contribution >= 4 is 27.7 Å². The minimum Gasteiger partial charge on any atom is -0.279 e. The molecule has 4 heteroatoms. The van der Waals surface area contributed by atoms with Crippen LogP contribution in [0.5, 0.6) is 0 Å². The highest BCUT2D eigenvalue weighted by Crippen LogP contribution is 2.15. The number of rotatable bonds is 2. The van der Waals surface area contributed by atoms with Gasteiger partial charge in [0.2, 0.25) is 5.91 Å². The van der Waals surface area contributed by atoms with Gasteiger partial charge in [0.25, 0.3) is 5.91 Å². The van der Waals surface area contributed by atoms with Crippen molar-refractivity contribution in [2.45, 2.75) is 31.0 Å². The van der Waals surface area contributed by atoms with Gasteiger partial charge in [-0.2, -0.15) is 0 Å². The van der Waals surface area contributed by atoms with Crippen molar-refractivity contribution in [2.24, 2.45) is 0 Å². The number of likely N-dealkylation sites (tertiary alicyclic amines) is 1. The molecule has 1 aromatic carbocycles. The molecule has 0 radical (unpaired) electrons. The van der Waals surface area contributed by atoms with E-state index in [0.29, 0.717) is 18.5 Å². The summed E-state index contributed by atoms with van der Waals surface area (Å²) in [6.07, 6.45) is 3.32. The standard InChI is InChI=1S/C14H16BrNO2/c15-10-11-5-7-12(8-6-11)14(18)16-9-3-1-2-4-13(16)17/h5-8H,1-4,9-10H2. The lowest BCUT2D eigenvalue weighted by Crippen LogP contribution is -2.36. The molecule has 18 heavy (non-hydrogen) atoms. The molecule has 1 saturated heterocycles. The van der Waals surface area contributed by atoms with Gasteiger partial charge in [-0.1, -0.05) is 34.5 Å². The summed E-state index contributed by atoms with van der Waals surface area (Å²) >= 11 is 3.37. The Hall–Kier alpha value is -1.16. The van der Waals surface area contributed by atoms with Crippen LogP contribution in [-0.2, 0) is 10.1 Å². The maximum atomic E-state index is 12.3. The molecule has 0 aliphatic carbocycles. The number of amides is 2. The average Bonchev–Trinajstić information content (AvgIpc) is 2.63. The van der Waals surface area contributed by atoms with Crippen molar-refractivity contribution in [1.82, 2.24) is 4.90 Å². The fraction of sp³-hybridized carbons (Fsp3) is 0.429. The summed E-state index contributed by atoms with van der Waals surface area (Å²) in [5.41, 5.74) is 1.71. The lowest BCUT2D eigenvalue weighted by Gasteiger charge is -2.18. The van der Waals surface area contributed by atoms with Crippen LogP contribution in [0.3, 0.4) is 0 Å². The highest BCUT2D eigenvalue weighted by atomic mass is 79.9.